The molecule has 0 spiro atoms. The monoisotopic (exact) mass is 403 g/mol. The average Bonchev–Trinajstić information content (AvgIpc) is 3.35. The SMILES string of the molecule is COC(c1ccccc1)c1nc2c(o1)CCN(C(=O)c1ccc3nc(C)oc3c1)C2. The highest BCUT2D eigenvalue weighted by Gasteiger charge is 2.29. The molecule has 5 rings (SSSR count). The quantitative estimate of drug-likeness (QED) is 0.511. The van der Waals surface area contributed by atoms with Crippen molar-refractivity contribution >= 4 is 17.0 Å². The molecule has 3 heterocycles. The third-order valence-corrected chi connectivity index (χ3v) is 5.34. The lowest BCUT2D eigenvalue weighted by molar-refractivity contribution is 0.0727. The van der Waals surface area contributed by atoms with Crippen molar-refractivity contribution in [2.45, 2.75) is 26.0 Å². The van der Waals surface area contributed by atoms with E-state index in [0.29, 0.717) is 42.4 Å². The van der Waals surface area contributed by atoms with E-state index in [0.717, 1.165) is 22.5 Å². The molecule has 152 valence electrons. The summed E-state index contributed by atoms with van der Waals surface area (Å²) >= 11 is 0. The van der Waals surface area contributed by atoms with E-state index >= 15 is 0 Å². The second-order valence-corrected chi connectivity index (χ2v) is 7.34. The molecule has 0 bridgehead atoms. The smallest absolute Gasteiger partial charge is 0.254 e. The van der Waals surface area contributed by atoms with Crippen LogP contribution in [0, 0.1) is 6.92 Å². The van der Waals surface area contributed by atoms with Crippen molar-refractivity contribution in [1.29, 1.82) is 0 Å². The van der Waals surface area contributed by atoms with Crippen molar-refractivity contribution in [1.82, 2.24) is 14.9 Å². The lowest BCUT2D eigenvalue weighted by Crippen LogP contribution is -2.35. The van der Waals surface area contributed by atoms with Gasteiger partial charge in [-0.15, -0.1) is 0 Å². The van der Waals surface area contributed by atoms with Crippen LogP contribution in [0.3, 0.4) is 0 Å². The summed E-state index contributed by atoms with van der Waals surface area (Å²) in [6, 6.07) is 15.2. The number of hydrogen-bond donors (Lipinski definition) is 0. The fourth-order valence-electron chi connectivity index (χ4n) is 3.87. The van der Waals surface area contributed by atoms with Gasteiger partial charge in [-0.3, -0.25) is 4.79 Å². The van der Waals surface area contributed by atoms with Crippen LogP contribution < -0.4 is 0 Å². The van der Waals surface area contributed by atoms with Crippen LogP contribution >= 0.6 is 0 Å². The Labute approximate surface area is 173 Å². The van der Waals surface area contributed by atoms with Crippen molar-refractivity contribution in [3.63, 3.8) is 0 Å². The number of benzene rings is 2. The van der Waals surface area contributed by atoms with E-state index in [1.807, 2.05) is 36.4 Å². The first kappa shape index (κ1) is 18.6. The van der Waals surface area contributed by atoms with Crippen LogP contribution in [0.1, 0.15) is 45.3 Å². The van der Waals surface area contributed by atoms with Gasteiger partial charge < -0.3 is 18.5 Å². The highest BCUT2D eigenvalue weighted by atomic mass is 16.5. The minimum Gasteiger partial charge on any atom is -0.442 e. The van der Waals surface area contributed by atoms with Gasteiger partial charge in [-0.05, 0) is 23.8 Å². The molecule has 30 heavy (non-hydrogen) atoms. The van der Waals surface area contributed by atoms with Crippen LogP contribution in [0.4, 0.5) is 0 Å². The van der Waals surface area contributed by atoms with Crippen molar-refractivity contribution < 1.29 is 18.4 Å². The van der Waals surface area contributed by atoms with Crippen molar-refractivity contribution in [2.24, 2.45) is 0 Å². The molecule has 1 aliphatic heterocycles. The Hall–Kier alpha value is -3.45. The molecule has 0 aliphatic carbocycles. The fraction of sp³-hybridized carbons (Fsp3) is 0.261. The second kappa shape index (κ2) is 7.42. The number of carbonyl (C=O) groups is 1. The third-order valence-electron chi connectivity index (χ3n) is 5.34. The van der Waals surface area contributed by atoms with Crippen LogP contribution in [0.25, 0.3) is 11.1 Å². The van der Waals surface area contributed by atoms with E-state index in [1.165, 1.54) is 0 Å². The zero-order valence-electron chi connectivity index (χ0n) is 16.8. The standard InChI is InChI=1S/C23H21N3O4/c1-14-24-17-9-8-16(12-20(17)29-14)23(27)26-11-10-19-18(13-26)25-22(30-19)21(28-2)15-6-4-3-5-7-15/h3-9,12,21H,10-11,13H2,1-2H3. The molecular formula is C23H21N3O4. The van der Waals surface area contributed by atoms with Gasteiger partial charge >= 0.3 is 0 Å². The number of methoxy groups -OCH3 is 1. The number of amides is 1. The van der Waals surface area contributed by atoms with Crippen LogP contribution in [0.2, 0.25) is 0 Å². The average molecular weight is 403 g/mol. The molecule has 0 fully saturated rings. The summed E-state index contributed by atoms with van der Waals surface area (Å²) in [4.78, 5) is 23.8. The maximum atomic E-state index is 13.1. The Morgan fingerprint density at radius 1 is 1.13 bits per heavy atom. The summed E-state index contributed by atoms with van der Waals surface area (Å²) in [6.07, 6.45) is 0.237. The molecule has 1 aliphatic rings. The number of carbonyl (C=O) groups excluding carboxylic acids is 1. The molecule has 1 amide bonds. The molecule has 0 saturated heterocycles. The number of fused-ring (bicyclic) bond motifs is 2. The number of aromatic nitrogens is 2. The minimum atomic E-state index is -0.377. The van der Waals surface area contributed by atoms with E-state index in [2.05, 4.69) is 9.97 Å². The van der Waals surface area contributed by atoms with Gasteiger partial charge in [0.2, 0.25) is 5.89 Å². The van der Waals surface area contributed by atoms with Crippen molar-refractivity contribution in [3.8, 4) is 0 Å². The number of hydrogen-bond acceptors (Lipinski definition) is 6. The summed E-state index contributed by atoms with van der Waals surface area (Å²) < 4.78 is 17.2. The summed E-state index contributed by atoms with van der Waals surface area (Å²) in [5, 5.41) is 0. The Balaban J connectivity index is 1.38. The molecule has 7 nitrogen and oxygen atoms in total. The Bertz CT molecular complexity index is 1210. The van der Waals surface area contributed by atoms with E-state index in [1.54, 1.807) is 31.1 Å². The zero-order chi connectivity index (χ0) is 20.7. The first-order valence-electron chi connectivity index (χ1n) is 9.85. The number of oxazole rings is 2. The summed E-state index contributed by atoms with van der Waals surface area (Å²) in [6.45, 7) is 2.76. The van der Waals surface area contributed by atoms with E-state index in [-0.39, 0.29) is 12.0 Å². The number of rotatable bonds is 4. The molecule has 0 radical (unpaired) electrons. The van der Waals surface area contributed by atoms with Crippen LogP contribution in [0.15, 0.2) is 57.4 Å². The molecule has 1 atom stereocenters. The van der Waals surface area contributed by atoms with E-state index in [9.17, 15) is 4.79 Å². The lowest BCUT2D eigenvalue weighted by Gasteiger charge is -2.25. The van der Waals surface area contributed by atoms with Crippen LogP contribution in [-0.4, -0.2) is 34.4 Å². The van der Waals surface area contributed by atoms with Crippen LogP contribution in [-0.2, 0) is 17.7 Å². The first-order valence-corrected chi connectivity index (χ1v) is 9.85. The second-order valence-electron chi connectivity index (χ2n) is 7.34. The normalized spacial score (nSPS) is 14.7. The Morgan fingerprint density at radius 2 is 1.97 bits per heavy atom. The molecule has 0 N–H and O–H groups in total. The highest BCUT2D eigenvalue weighted by molar-refractivity contribution is 5.97. The highest BCUT2D eigenvalue weighted by Crippen LogP contribution is 2.29. The number of aryl methyl sites for hydroxylation is 1. The summed E-state index contributed by atoms with van der Waals surface area (Å²) in [7, 11) is 1.64. The molecule has 2 aromatic heterocycles. The maximum absolute atomic E-state index is 13.1. The maximum Gasteiger partial charge on any atom is 0.254 e. The third kappa shape index (κ3) is 3.27. The lowest BCUT2D eigenvalue weighted by atomic mass is 10.1. The first-order chi connectivity index (χ1) is 14.6. The molecule has 0 saturated carbocycles. The van der Waals surface area contributed by atoms with Gasteiger partial charge in [-0.25, -0.2) is 9.97 Å². The predicted molar refractivity (Wildman–Crippen MR) is 109 cm³/mol. The summed E-state index contributed by atoms with van der Waals surface area (Å²) in [5.41, 5.74) is 3.69. The van der Waals surface area contributed by atoms with Gasteiger partial charge in [0, 0.05) is 32.6 Å². The van der Waals surface area contributed by atoms with E-state index < -0.39 is 0 Å². The fourth-order valence-corrected chi connectivity index (χ4v) is 3.87. The van der Waals surface area contributed by atoms with Crippen molar-refractivity contribution in [2.75, 3.05) is 13.7 Å². The molecule has 7 heteroatoms. The predicted octanol–water partition coefficient (Wildman–Crippen LogP) is 4.06. The van der Waals surface area contributed by atoms with Gasteiger partial charge in [0.05, 0.1) is 6.54 Å². The Morgan fingerprint density at radius 3 is 2.77 bits per heavy atom. The minimum absolute atomic E-state index is 0.0625. The van der Waals surface area contributed by atoms with Gasteiger partial charge in [0.15, 0.2) is 17.6 Å². The number of nitrogens with zero attached hydrogens (tertiary/aromatic N) is 3. The Kier molecular flexibility index (Phi) is 4.59. The zero-order valence-corrected chi connectivity index (χ0v) is 16.8. The van der Waals surface area contributed by atoms with Gasteiger partial charge in [-0.2, -0.15) is 0 Å². The largest absolute Gasteiger partial charge is 0.442 e. The van der Waals surface area contributed by atoms with Crippen molar-refractivity contribution in [3.05, 3.63) is 82.9 Å². The molecule has 4 aromatic rings. The van der Waals surface area contributed by atoms with E-state index in [4.69, 9.17) is 13.6 Å². The summed E-state index contributed by atoms with van der Waals surface area (Å²) in [5.74, 6) is 1.85. The van der Waals surface area contributed by atoms with Crippen LogP contribution in [0.5, 0.6) is 0 Å². The van der Waals surface area contributed by atoms with Gasteiger partial charge in [0.25, 0.3) is 5.91 Å². The molecule has 2 aromatic carbocycles. The van der Waals surface area contributed by atoms with Gasteiger partial charge in [0.1, 0.15) is 17.0 Å². The number of ether oxygens (including phenoxy) is 1. The molecule has 1 unspecified atom stereocenters. The van der Waals surface area contributed by atoms with Gasteiger partial charge in [-0.1, -0.05) is 30.3 Å². The topological polar surface area (TPSA) is 81.6 Å². The molecular weight excluding hydrogens is 382 g/mol.